The third-order valence-electron chi connectivity index (χ3n) is 2.75. The van der Waals surface area contributed by atoms with Gasteiger partial charge in [-0.15, -0.1) is 0 Å². The van der Waals surface area contributed by atoms with Crippen LogP contribution >= 0.6 is 0 Å². The lowest BCUT2D eigenvalue weighted by molar-refractivity contribution is 0.0527. The molecule has 0 fully saturated rings. The lowest BCUT2D eigenvalue weighted by atomic mass is 10.0. The number of ether oxygens (including phenoxy) is 1. The summed E-state index contributed by atoms with van der Waals surface area (Å²) in [5.41, 5.74) is -0.443. The average molecular weight is 274 g/mol. The molecule has 0 spiro atoms. The summed E-state index contributed by atoms with van der Waals surface area (Å²) < 4.78 is 5.13. The van der Waals surface area contributed by atoms with E-state index in [9.17, 15) is 4.79 Å². The molecule has 0 aromatic carbocycles. The third-order valence-corrected chi connectivity index (χ3v) is 2.75. The lowest BCUT2D eigenvalue weighted by Gasteiger charge is -2.19. The summed E-state index contributed by atoms with van der Waals surface area (Å²) in [5, 5.41) is 14.9. The van der Waals surface area contributed by atoms with E-state index in [0.29, 0.717) is 12.5 Å². The number of rotatable bonds is 9. The molecular formula is C14H30N2O3. The first kappa shape index (κ1) is 18.2. The first-order valence-electron chi connectivity index (χ1n) is 7.17. The number of nitrogens with one attached hydrogen (secondary N) is 2. The Kier molecular flexibility index (Phi) is 9.61. The summed E-state index contributed by atoms with van der Waals surface area (Å²) in [4.78, 5) is 11.3. The van der Waals surface area contributed by atoms with Crippen LogP contribution in [0.1, 0.15) is 47.0 Å². The molecule has 0 aliphatic carbocycles. The molecule has 0 radical (unpaired) electrons. The van der Waals surface area contributed by atoms with Crippen molar-refractivity contribution in [2.45, 2.75) is 52.6 Å². The van der Waals surface area contributed by atoms with Crippen molar-refractivity contribution >= 4 is 6.09 Å². The molecule has 1 unspecified atom stereocenters. The number of amides is 1. The highest BCUT2D eigenvalue weighted by Crippen LogP contribution is 2.06. The van der Waals surface area contributed by atoms with E-state index in [4.69, 9.17) is 9.84 Å². The zero-order valence-corrected chi connectivity index (χ0v) is 12.8. The van der Waals surface area contributed by atoms with Crippen LogP contribution in [0.5, 0.6) is 0 Å². The second kappa shape index (κ2) is 10.0. The molecule has 0 rings (SSSR count). The fourth-order valence-corrected chi connectivity index (χ4v) is 1.66. The summed E-state index contributed by atoms with van der Waals surface area (Å²) in [6, 6.07) is 0. The molecule has 19 heavy (non-hydrogen) atoms. The Morgan fingerprint density at radius 1 is 1.32 bits per heavy atom. The number of carbonyl (C=O) groups is 1. The standard InChI is InChI=1S/C14H30N2O3/c1-5-12(7-10-17)11-15-8-6-9-16-13(18)19-14(2,3)4/h12,15,17H,5-11H2,1-4H3,(H,16,18). The van der Waals surface area contributed by atoms with Crippen LogP contribution in [0.25, 0.3) is 0 Å². The number of hydrogen-bond donors (Lipinski definition) is 3. The van der Waals surface area contributed by atoms with E-state index < -0.39 is 5.60 Å². The highest BCUT2D eigenvalue weighted by molar-refractivity contribution is 5.67. The average Bonchev–Trinajstić information content (AvgIpc) is 2.29. The van der Waals surface area contributed by atoms with Gasteiger partial charge in [-0.05, 0) is 52.6 Å². The van der Waals surface area contributed by atoms with Gasteiger partial charge in [-0.2, -0.15) is 0 Å². The SMILES string of the molecule is CCC(CCO)CNCCCNC(=O)OC(C)(C)C. The molecule has 5 heteroatoms. The van der Waals surface area contributed by atoms with Gasteiger partial charge < -0.3 is 20.5 Å². The Morgan fingerprint density at radius 3 is 2.53 bits per heavy atom. The molecule has 1 amide bonds. The second-order valence-electron chi connectivity index (χ2n) is 5.77. The summed E-state index contributed by atoms with van der Waals surface area (Å²) in [6.07, 6.45) is 2.43. The van der Waals surface area contributed by atoms with E-state index in [-0.39, 0.29) is 12.7 Å². The molecule has 1 atom stereocenters. The van der Waals surface area contributed by atoms with E-state index in [0.717, 1.165) is 32.4 Å². The Morgan fingerprint density at radius 2 is 2.00 bits per heavy atom. The first-order chi connectivity index (χ1) is 8.89. The van der Waals surface area contributed by atoms with Crippen LogP contribution in [0.3, 0.4) is 0 Å². The largest absolute Gasteiger partial charge is 0.444 e. The van der Waals surface area contributed by atoms with Crippen LogP contribution in [0.15, 0.2) is 0 Å². The fraction of sp³-hybridized carbons (Fsp3) is 0.929. The van der Waals surface area contributed by atoms with Crippen LogP contribution < -0.4 is 10.6 Å². The molecule has 0 saturated carbocycles. The number of carbonyl (C=O) groups excluding carboxylic acids is 1. The van der Waals surface area contributed by atoms with Crippen molar-refractivity contribution in [1.29, 1.82) is 0 Å². The molecular weight excluding hydrogens is 244 g/mol. The molecule has 0 saturated heterocycles. The van der Waals surface area contributed by atoms with Crippen LogP contribution in [0.2, 0.25) is 0 Å². The summed E-state index contributed by atoms with van der Waals surface area (Å²) in [6.45, 7) is 10.3. The predicted octanol–water partition coefficient (Wildman–Crippen LogP) is 1.90. The van der Waals surface area contributed by atoms with Gasteiger partial charge in [0.05, 0.1) is 0 Å². The monoisotopic (exact) mass is 274 g/mol. The third kappa shape index (κ3) is 12.0. The predicted molar refractivity (Wildman–Crippen MR) is 77.2 cm³/mol. The van der Waals surface area contributed by atoms with Crippen molar-refractivity contribution in [2.75, 3.05) is 26.2 Å². The van der Waals surface area contributed by atoms with E-state index in [1.807, 2.05) is 20.8 Å². The van der Waals surface area contributed by atoms with Crippen molar-refractivity contribution < 1.29 is 14.6 Å². The van der Waals surface area contributed by atoms with Gasteiger partial charge in [0.2, 0.25) is 0 Å². The molecule has 114 valence electrons. The Balaban J connectivity index is 3.47. The van der Waals surface area contributed by atoms with Crippen molar-refractivity contribution in [3.63, 3.8) is 0 Å². The molecule has 3 N–H and O–H groups in total. The van der Waals surface area contributed by atoms with Gasteiger partial charge in [0.25, 0.3) is 0 Å². The molecule has 0 aromatic heterocycles. The second-order valence-corrected chi connectivity index (χ2v) is 5.77. The summed E-state index contributed by atoms with van der Waals surface area (Å²) in [5.74, 6) is 0.531. The Bertz CT molecular complexity index is 239. The van der Waals surface area contributed by atoms with Gasteiger partial charge in [-0.3, -0.25) is 0 Å². The minimum Gasteiger partial charge on any atom is -0.444 e. The number of aliphatic hydroxyl groups is 1. The molecule has 0 aromatic rings. The number of alkyl carbamates (subject to hydrolysis) is 1. The maximum absolute atomic E-state index is 11.3. The maximum atomic E-state index is 11.3. The lowest BCUT2D eigenvalue weighted by Crippen LogP contribution is -2.34. The van der Waals surface area contributed by atoms with Crippen LogP contribution in [0.4, 0.5) is 4.79 Å². The van der Waals surface area contributed by atoms with Crippen molar-refractivity contribution in [2.24, 2.45) is 5.92 Å². The molecule has 5 nitrogen and oxygen atoms in total. The Hall–Kier alpha value is -0.810. The molecule has 0 aliphatic rings. The normalized spacial score (nSPS) is 13.1. The fourth-order valence-electron chi connectivity index (χ4n) is 1.66. The van der Waals surface area contributed by atoms with Gasteiger partial charge >= 0.3 is 6.09 Å². The highest BCUT2D eigenvalue weighted by Gasteiger charge is 2.15. The quantitative estimate of drug-likeness (QED) is 0.562. The van der Waals surface area contributed by atoms with Gasteiger partial charge in [-0.1, -0.05) is 13.3 Å². The topological polar surface area (TPSA) is 70.6 Å². The van der Waals surface area contributed by atoms with E-state index in [1.165, 1.54) is 0 Å². The minimum atomic E-state index is -0.443. The number of hydrogen-bond acceptors (Lipinski definition) is 4. The zero-order valence-electron chi connectivity index (χ0n) is 12.8. The van der Waals surface area contributed by atoms with Crippen LogP contribution in [0, 0.1) is 5.92 Å². The Labute approximate surface area is 117 Å². The van der Waals surface area contributed by atoms with Gasteiger partial charge in [0.1, 0.15) is 5.60 Å². The van der Waals surface area contributed by atoms with E-state index >= 15 is 0 Å². The van der Waals surface area contributed by atoms with E-state index in [1.54, 1.807) is 0 Å². The summed E-state index contributed by atoms with van der Waals surface area (Å²) >= 11 is 0. The van der Waals surface area contributed by atoms with Crippen LogP contribution in [-0.4, -0.2) is 43.0 Å². The van der Waals surface area contributed by atoms with Gasteiger partial charge in [0, 0.05) is 13.2 Å². The molecule has 0 aliphatic heterocycles. The maximum Gasteiger partial charge on any atom is 0.407 e. The van der Waals surface area contributed by atoms with Crippen molar-refractivity contribution in [3.05, 3.63) is 0 Å². The van der Waals surface area contributed by atoms with Gasteiger partial charge in [-0.25, -0.2) is 4.79 Å². The number of aliphatic hydroxyl groups excluding tert-OH is 1. The first-order valence-corrected chi connectivity index (χ1v) is 7.17. The van der Waals surface area contributed by atoms with Gasteiger partial charge in [0.15, 0.2) is 0 Å². The zero-order chi connectivity index (χ0) is 14.7. The molecule has 0 heterocycles. The van der Waals surface area contributed by atoms with Crippen molar-refractivity contribution in [1.82, 2.24) is 10.6 Å². The van der Waals surface area contributed by atoms with Crippen molar-refractivity contribution in [3.8, 4) is 0 Å². The van der Waals surface area contributed by atoms with E-state index in [2.05, 4.69) is 17.6 Å². The highest BCUT2D eigenvalue weighted by atomic mass is 16.6. The minimum absolute atomic E-state index is 0.250. The summed E-state index contributed by atoms with van der Waals surface area (Å²) in [7, 11) is 0. The molecule has 0 bridgehead atoms. The smallest absolute Gasteiger partial charge is 0.407 e. The van der Waals surface area contributed by atoms with Crippen LogP contribution in [-0.2, 0) is 4.74 Å².